The Bertz CT molecular complexity index is 548. The van der Waals surface area contributed by atoms with Gasteiger partial charge in [-0.1, -0.05) is 0 Å². The highest BCUT2D eigenvalue weighted by Gasteiger charge is 2.41. The molecule has 0 unspecified atom stereocenters. The first kappa shape index (κ1) is 13.3. The number of nitrogens with zero attached hydrogens (tertiary/aromatic N) is 2. The lowest BCUT2D eigenvalue weighted by Gasteiger charge is -2.14. The second-order valence-corrected chi connectivity index (χ2v) is 5.59. The van der Waals surface area contributed by atoms with Crippen molar-refractivity contribution < 1.29 is 5.11 Å². The molecule has 0 radical (unpaired) electrons. The van der Waals surface area contributed by atoms with Gasteiger partial charge in [0.2, 0.25) is 0 Å². The molecule has 5 heteroatoms. The van der Waals surface area contributed by atoms with E-state index in [-0.39, 0.29) is 6.61 Å². The molecule has 2 aromatic rings. The van der Waals surface area contributed by atoms with Gasteiger partial charge in [0.25, 0.3) is 0 Å². The van der Waals surface area contributed by atoms with Gasteiger partial charge < -0.3 is 10.4 Å². The maximum absolute atomic E-state index is 9.07. The van der Waals surface area contributed by atoms with Crippen LogP contribution in [-0.4, -0.2) is 33.4 Å². The number of aliphatic hydroxyl groups excluding tert-OH is 1. The van der Waals surface area contributed by atoms with E-state index in [1.807, 2.05) is 24.5 Å². The Morgan fingerprint density at radius 3 is 2.95 bits per heavy atom. The van der Waals surface area contributed by atoms with E-state index >= 15 is 0 Å². The standard InChI is InChI=1S/C15H20N4O/c20-7-5-15(3-4-15)11-17-9-13-10-18-19-14(13)12-2-1-6-16-8-12/h1-2,6,8,10,17,20H,3-5,7,9,11H2,(H,18,19). The largest absolute Gasteiger partial charge is 0.396 e. The monoisotopic (exact) mass is 272 g/mol. The minimum absolute atomic E-state index is 0.286. The van der Waals surface area contributed by atoms with E-state index in [0.29, 0.717) is 5.41 Å². The van der Waals surface area contributed by atoms with Crippen molar-refractivity contribution >= 4 is 0 Å². The van der Waals surface area contributed by atoms with Crippen LogP contribution in [0.1, 0.15) is 24.8 Å². The van der Waals surface area contributed by atoms with Crippen LogP contribution in [0.25, 0.3) is 11.3 Å². The van der Waals surface area contributed by atoms with E-state index in [0.717, 1.165) is 36.3 Å². The molecule has 5 nitrogen and oxygen atoms in total. The molecule has 0 aliphatic heterocycles. The first-order valence-electron chi connectivity index (χ1n) is 7.07. The summed E-state index contributed by atoms with van der Waals surface area (Å²) in [7, 11) is 0. The summed E-state index contributed by atoms with van der Waals surface area (Å²) in [5.41, 5.74) is 3.57. The number of nitrogens with one attached hydrogen (secondary N) is 2. The molecule has 0 spiro atoms. The third-order valence-corrected chi connectivity index (χ3v) is 4.08. The molecule has 3 N–H and O–H groups in total. The second-order valence-electron chi connectivity index (χ2n) is 5.59. The Morgan fingerprint density at radius 2 is 2.25 bits per heavy atom. The lowest BCUT2D eigenvalue weighted by atomic mass is 10.0. The second kappa shape index (κ2) is 5.73. The normalized spacial score (nSPS) is 16.2. The number of hydrogen-bond donors (Lipinski definition) is 3. The van der Waals surface area contributed by atoms with E-state index < -0.39 is 0 Å². The van der Waals surface area contributed by atoms with Crippen molar-refractivity contribution in [2.24, 2.45) is 5.41 Å². The fourth-order valence-corrected chi connectivity index (χ4v) is 2.60. The minimum Gasteiger partial charge on any atom is -0.396 e. The highest BCUT2D eigenvalue weighted by Crippen LogP contribution is 2.47. The Labute approximate surface area is 118 Å². The molecular weight excluding hydrogens is 252 g/mol. The lowest BCUT2D eigenvalue weighted by Crippen LogP contribution is -2.24. The molecule has 1 aliphatic carbocycles. The van der Waals surface area contributed by atoms with Crippen LogP contribution >= 0.6 is 0 Å². The molecule has 0 atom stereocenters. The Hall–Kier alpha value is -1.72. The summed E-state index contributed by atoms with van der Waals surface area (Å²) < 4.78 is 0. The number of rotatable bonds is 7. The minimum atomic E-state index is 0.286. The van der Waals surface area contributed by atoms with Gasteiger partial charge >= 0.3 is 0 Å². The Balaban J connectivity index is 1.60. The summed E-state index contributed by atoms with van der Waals surface area (Å²) >= 11 is 0. The van der Waals surface area contributed by atoms with Crippen molar-refractivity contribution in [3.8, 4) is 11.3 Å². The number of aromatic nitrogens is 3. The number of H-pyrrole nitrogens is 1. The van der Waals surface area contributed by atoms with E-state index in [9.17, 15) is 0 Å². The zero-order chi connectivity index (χ0) is 13.8. The van der Waals surface area contributed by atoms with E-state index in [4.69, 9.17) is 5.11 Å². The molecule has 2 aromatic heterocycles. The van der Waals surface area contributed by atoms with Crippen molar-refractivity contribution in [2.75, 3.05) is 13.2 Å². The van der Waals surface area contributed by atoms with Crippen molar-refractivity contribution in [1.29, 1.82) is 0 Å². The average molecular weight is 272 g/mol. The van der Waals surface area contributed by atoms with Crippen LogP contribution in [0.3, 0.4) is 0 Å². The molecule has 3 rings (SSSR count). The van der Waals surface area contributed by atoms with Gasteiger partial charge in [-0.2, -0.15) is 5.10 Å². The molecule has 1 aliphatic rings. The Morgan fingerprint density at radius 1 is 1.35 bits per heavy atom. The molecular formula is C15H20N4O. The van der Waals surface area contributed by atoms with Gasteiger partial charge in [-0.25, -0.2) is 0 Å². The van der Waals surface area contributed by atoms with Crippen molar-refractivity contribution in [3.05, 3.63) is 36.3 Å². The summed E-state index contributed by atoms with van der Waals surface area (Å²) in [6.07, 6.45) is 8.82. The summed E-state index contributed by atoms with van der Waals surface area (Å²) in [6, 6.07) is 3.95. The molecule has 0 saturated heterocycles. The van der Waals surface area contributed by atoms with Gasteiger partial charge in [-0.05, 0) is 36.8 Å². The van der Waals surface area contributed by atoms with Crippen molar-refractivity contribution in [2.45, 2.75) is 25.8 Å². The molecule has 20 heavy (non-hydrogen) atoms. The van der Waals surface area contributed by atoms with Gasteiger partial charge in [0.15, 0.2) is 0 Å². The first-order chi connectivity index (χ1) is 9.83. The topological polar surface area (TPSA) is 73.8 Å². The molecule has 0 aromatic carbocycles. The summed E-state index contributed by atoms with van der Waals surface area (Å²) in [4.78, 5) is 4.14. The third kappa shape index (κ3) is 2.89. The number of aliphatic hydroxyl groups is 1. The lowest BCUT2D eigenvalue weighted by molar-refractivity contribution is 0.245. The predicted molar refractivity (Wildman–Crippen MR) is 76.9 cm³/mol. The third-order valence-electron chi connectivity index (χ3n) is 4.08. The van der Waals surface area contributed by atoms with Gasteiger partial charge in [0.05, 0.1) is 11.9 Å². The highest BCUT2D eigenvalue weighted by atomic mass is 16.3. The molecule has 106 valence electrons. The van der Waals surface area contributed by atoms with Crippen LogP contribution < -0.4 is 5.32 Å². The first-order valence-corrected chi connectivity index (χ1v) is 7.07. The number of aromatic amines is 1. The van der Waals surface area contributed by atoms with Gasteiger partial charge in [0, 0.05) is 43.2 Å². The highest BCUT2D eigenvalue weighted by molar-refractivity contribution is 5.61. The number of pyridine rings is 1. The fourth-order valence-electron chi connectivity index (χ4n) is 2.60. The van der Waals surface area contributed by atoms with E-state index in [2.05, 4.69) is 20.5 Å². The summed E-state index contributed by atoms with van der Waals surface area (Å²) in [6.45, 7) is 2.04. The molecule has 2 heterocycles. The number of hydrogen-bond acceptors (Lipinski definition) is 4. The van der Waals surface area contributed by atoms with Crippen LogP contribution in [-0.2, 0) is 6.54 Å². The maximum Gasteiger partial charge on any atom is 0.0710 e. The summed E-state index contributed by atoms with van der Waals surface area (Å²) in [5.74, 6) is 0. The zero-order valence-corrected chi connectivity index (χ0v) is 11.5. The summed E-state index contributed by atoms with van der Waals surface area (Å²) in [5, 5.41) is 19.7. The van der Waals surface area contributed by atoms with E-state index in [1.165, 1.54) is 12.8 Å². The van der Waals surface area contributed by atoms with Gasteiger partial charge in [-0.3, -0.25) is 10.1 Å². The van der Waals surface area contributed by atoms with Crippen LogP contribution in [0.5, 0.6) is 0 Å². The predicted octanol–water partition coefficient (Wildman–Crippen LogP) is 1.72. The van der Waals surface area contributed by atoms with Crippen molar-refractivity contribution in [1.82, 2.24) is 20.5 Å². The van der Waals surface area contributed by atoms with Gasteiger partial charge in [-0.15, -0.1) is 0 Å². The Kier molecular flexibility index (Phi) is 3.80. The molecule has 0 amide bonds. The van der Waals surface area contributed by atoms with Crippen LogP contribution in [0.4, 0.5) is 0 Å². The molecule has 1 saturated carbocycles. The maximum atomic E-state index is 9.07. The van der Waals surface area contributed by atoms with Gasteiger partial charge in [0.1, 0.15) is 0 Å². The van der Waals surface area contributed by atoms with Crippen LogP contribution in [0, 0.1) is 5.41 Å². The van der Waals surface area contributed by atoms with E-state index in [1.54, 1.807) is 6.20 Å². The molecule has 0 bridgehead atoms. The smallest absolute Gasteiger partial charge is 0.0710 e. The fraction of sp³-hybridized carbons (Fsp3) is 0.467. The van der Waals surface area contributed by atoms with Crippen molar-refractivity contribution in [3.63, 3.8) is 0 Å². The quantitative estimate of drug-likeness (QED) is 0.717. The molecule has 1 fully saturated rings. The van der Waals surface area contributed by atoms with Crippen LogP contribution in [0.2, 0.25) is 0 Å². The SMILES string of the molecule is OCCC1(CNCc2cn[nH]c2-c2cccnc2)CC1. The van der Waals surface area contributed by atoms with Crippen LogP contribution in [0.15, 0.2) is 30.7 Å². The average Bonchev–Trinajstić information content (AvgIpc) is 3.08. The zero-order valence-electron chi connectivity index (χ0n) is 11.5.